The van der Waals surface area contributed by atoms with Gasteiger partial charge in [-0.15, -0.1) is 0 Å². The van der Waals surface area contributed by atoms with Crippen LogP contribution in [0.2, 0.25) is 10.0 Å². The molecule has 2 N–H and O–H groups in total. The topological polar surface area (TPSA) is 66.4 Å². The van der Waals surface area contributed by atoms with Crippen LogP contribution in [0.15, 0.2) is 21.5 Å². The van der Waals surface area contributed by atoms with Crippen LogP contribution >= 0.6 is 39.1 Å². The van der Waals surface area contributed by atoms with Crippen molar-refractivity contribution in [3.63, 3.8) is 0 Å². The molecule has 1 aromatic carbocycles. The monoisotopic (exact) mass is 389 g/mol. The van der Waals surface area contributed by atoms with E-state index in [0.29, 0.717) is 17.3 Å². The van der Waals surface area contributed by atoms with Crippen LogP contribution in [0, 0.1) is 0 Å². The zero-order valence-corrected chi connectivity index (χ0v) is 14.1. The SMILES string of the molecule is CC(CCCO)NS(=O)(=O)c1c(Cl)cc(Br)cc1Cl. The molecule has 0 aliphatic rings. The molecule has 0 amide bonds. The van der Waals surface area contributed by atoms with Crippen molar-refractivity contribution < 1.29 is 13.5 Å². The molecule has 1 rings (SSSR count). The first-order valence-electron chi connectivity index (χ1n) is 5.55. The Kier molecular flexibility index (Phi) is 6.56. The molecular weight excluding hydrogens is 377 g/mol. The summed E-state index contributed by atoms with van der Waals surface area (Å²) in [7, 11) is -3.78. The normalized spacial score (nSPS) is 13.5. The number of aliphatic hydroxyl groups excluding tert-OH is 1. The molecule has 0 saturated heterocycles. The van der Waals surface area contributed by atoms with E-state index in [1.165, 1.54) is 12.1 Å². The van der Waals surface area contributed by atoms with Gasteiger partial charge in [0, 0.05) is 17.1 Å². The second-order valence-corrected chi connectivity index (χ2v) is 7.47. The quantitative estimate of drug-likeness (QED) is 0.783. The minimum absolute atomic E-state index is 0.0197. The van der Waals surface area contributed by atoms with Crippen LogP contribution in [0.4, 0.5) is 0 Å². The Labute approximate surface area is 131 Å². The second-order valence-electron chi connectivity index (χ2n) is 4.09. The first-order valence-corrected chi connectivity index (χ1v) is 8.59. The Morgan fingerprint density at radius 1 is 1.37 bits per heavy atom. The van der Waals surface area contributed by atoms with Gasteiger partial charge in [-0.25, -0.2) is 13.1 Å². The van der Waals surface area contributed by atoms with E-state index in [1.807, 2.05) is 0 Å². The van der Waals surface area contributed by atoms with Gasteiger partial charge in [-0.1, -0.05) is 39.1 Å². The molecule has 0 radical (unpaired) electrons. The predicted octanol–water partition coefficient (Wildman–Crippen LogP) is 3.20. The standard InChI is InChI=1S/C11H14BrCl2NO3S/c1-7(3-2-4-16)15-19(17,18)11-9(13)5-8(12)6-10(11)14/h5-7,15-16H,2-4H2,1H3. The van der Waals surface area contributed by atoms with Gasteiger partial charge in [-0.2, -0.15) is 0 Å². The first-order chi connectivity index (χ1) is 8.77. The third-order valence-electron chi connectivity index (χ3n) is 2.38. The molecule has 108 valence electrons. The number of benzene rings is 1. The summed E-state index contributed by atoms with van der Waals surface area (Å²) in [6.45, 7) is 1.74. The average molecular weight is 391 g/mol. The minimum Gasteiger partial charge on any atom is -0.396 e. The van der Waals surface area contributed by atoms with Crippen molar-refractivity contribution in [3.05, 3.63) is 26.7 Å². The summed E-state index contributed by atoms with van der Waals surface area (Å²) in [6, 6.07) is 2.63. The third kappa shape index (κ3) is 4.88. The fourth-order valence-electron chi connectivity index (χ4n) is 1.57. The van der Waals surface area contributed by atoms with Gasteiger partial charge in [0.05, 0.1) is 10.0 Å². The van der Waals surface area contributed by atoms with Crippen molar-refractivity contribution in [1.29, 1.82) is 0 Å². The largest absolute Gasteiger partial charge is 0.396 e. The Morgan fingerprint density at radius 3 is 2.37 bits per heavy atom. The van der Waals surface area contributed by atoms with Gasteiger partial charge in [0.25, 0.3) is 0 Å². The fourth-order valence-corrected chi connectivity index (χ4v) is 4.78. The smallest absolute Gasteiger partial charge is 0.243 e. The number of aliphatic hydroxyl groups is 1. The Bertz CT molecular complexity index is 528. The Balaban J connectivity index is 3.01. The first kappa shape index (κ1) is 17.2. The lowest BCUT2D eigenvalue weighted by Crippen LogP contribution is -2.33. The van der Waals surface area contributed by atoms with E-state index in [4.69, 9.17) is 28.3 Å². The van der Waals surface area contributed by atoms with Gasteiger partial charge in [-0.3, -0.25) is 0 Å². The molecule has 0 aliphatic heterocycles. The highest BCUT2D eigenvalue weighted by atomic mass is 79.9. The molecule has 19 heavy (non-hydrogen) atoms. The van der Waals surface area contributed by atoms with Gasteiger partial charge >= 0.3 is 0 Å². The van der Waals surface area contributed by atoms with E-state index in [-0.39, 0.29) is 27.6 Å². The van der Waals surface area contributed by atoms with Gasteiger partial charge in [-0.05, 0) is 31.9 Å². The molecule has 0 bridgehead atoms. The van der Waals surface area contributed by atoms with Crippen LogP contribution in [0.5, 0.6) is 0 Å². The summed E-state index contributed by atoms with van der Waals surface area (Å²) in [5, 5.41) is 8.84. The molecule has 1 atom stereocenters. The van der Waals surface area contributed by atoms with Crippen molar-refractivity contribution in [1.82, 2.24) is 4.72 Å². The number of halogens is 3. The van der Waals surface area contributed by atoms with E-state index in [1.54, 1.807) is 6.92 Å². The van der Waals surface area contributed by atoms with E-state index < -0.39 is 10.0 Å². The van der Waals surface area contributed by atoms with Gasteiger partial charge in [0.2, 0.25) is 10.0 Å². The van der Waals surface area contributed by atoms with Gasteiger partial charge in [0.1, 0.15) is 4.90 Å². The highest BCUT2D eigenvalue weighted by Crippen LogP contribution is 2.32. The molecule has 1 unspecified atom stereocenters. The lowest BCUT2D eigenvalue weighted by atomic mass is 10.2. The molecule has 0 spiro atoms. The maximum Gasteiger partial charge on any atom is 0.243 e. The molecule has 0 aliphatic carbocycles. The maximum atomic E-state index is 12.2. The van der Waals surface area contributed by atoms with Crippen LogP contribution in [-0.2, 0) is 10.0 Å². The molecule has 0 aromatic heterocycles. The Morgan fingerprint density at radius 2 is 1.89 bits per heavy atom. The molecule has 0 saturated carbocycles. The summed E-state index contributed by atoms with van der Waals surface area (Å²) >= 11 is 15.1. The molecule has 1 aromatic rings. The van der Waals surface area contributed by atoms with Crippen molar-refractivity contribution in [2.75, 3.05) is 6.61 Å². The third-order valence-corrected chi connectivity index (χ3v) is 5.35. The van der Waals surface area contributed by atoms with E-state index in [9.17, 15) is 8.42 Å². The summed E-state index contributed by atoms with van der Waals surface area (Å²) in [6.07, 6.45) is 1.05. The van der Waals surface area contributed by atoms with Crippen LogP contribution < -0.4 is 4.72 Å². The number of hydrogen-bond acceptors (Lipinski definition) is 3. The van der Waals surface area contributed by atoms with E-state index >= 15 is 0 Å². The number of sulfonamides is 1. The molecule has 0 heterocycles. The van der Waals surface area contributed by atoms with Crippen LogP contribution in [0.25, 0.3) is 0 Å². The highest BCUT2D eigenvalue weighted by molar-refractivity contribution is 9.10. The van der Waals surface area contributed by atoms with E-state index in [2.05, 4.69) is 20.7 Å². The van der Waals surface area contributed by atoms with Crippen LogP contribution in [-0.4, -0.2) is 26.2 Å². The zero-order valence-electron chi connectivity index (χ0n) is 10.2. The van der Waals surface area contributed by atoms with Crippen molar-refractivity contribution in [3.8, 4) is 0 Å². The fraction of sp³-hybridized carbons (Fsp3) is 0.455. The van der Waals surface area contributed by atoms with Crippen LogP contribution in [0.1, 0.15) is 19.8 Å². The van der Waals surface area contributed by atoms with Crippen molar-refractivity contribution in [2.45, 2.75) is 30.7 Å². The summed E-state index contributed by atoms with van der Waals surface area (Å²) in [5.41, 5.74) is 0. The number of rotatable bonds is 6. The maximum absolute atomic E-state index is 12.2. The Hall–Kier alpha value is 0.150. The minimum atomic E-state index is -3.78. The summed E-state index contributed by atoms with van der Waals surface area (Å²) in [4.78, 5) is -0.130. The van der Waals surface area contributed by atoms with Crippen molar-refractivity contribution >= 4 is 49.2 Å². The lowest BCUT2D eigenvalue weighted by Gasteiger charge is -2.15. The summed E-state index contributed by atoms with van der Waals surface area (Å²) < 4.78 is 27.5. The predicted molar refractivity (Wildman–Crippen MR) is 80.3 cm³/mol. The lowest BCUT2D eigenvalue weighted by molar-refractivity contribution is 0.279. The summed E-state index contributed by atoms with van der Waals surface area (Å²) in [5.74, 6) is 0. The van der Waals surface area contributed by atoms with Crippen molar-refractivity contribution in [2.24, 2.45) is 0 Å². The van der Waals surface area contributed by atoms with Gasteiger partial charge < -0.3 is 5.11 Å². The number of hydrogen-bond donors (Lipinski definition) is 2. The number of nitrogens with one attached hydrogen (secondary N) is 1. The van der Waals surface area contributed by atoms with Gasteiger partial charge in [0.15, 0.2) is 0 Å². The molecular formula is C11H14BrCl2NO3S. The molecule has 0 fully saturated rings. The second kappa shape index (κ2) is 7.24. The molecule has 4 nitrogen and oxygen atoms in total. The van der Waals surface area contributed by atoms with Crippen LogP contribution in [0.3, 0.4) is 0 Å². The average Bonchev–Trinajstić information content (AvgIpc) is 2.23. The highest BCUT2D eigenvalue weighted by Gasteiger charge is 2.24. The molecule has 8 heteroatoms. The van der Waals surface area contributed by atoms with E-state index in [0.717, 1.165) is 0 Å². The zero-order chi connectivity index (χ0) is 14.6.